The van der Waals surface area contributed by atoms with Crippen LogP contribution in [0, 0.1) is 0 Å². The lowest BCUT2D eigenvalue weighted by Gasteiger charge is -2.57. The predicted octanol–water partition coefficient (Wildman–Crippen LogP) is 5.07. The molecular weight excluding hydrogens is 616 g/mol. The monoisotopic (exact) mass is 678 g/mol. The number of nitrogens with zero attached hydrogens (tertiary/aromatic N) is 4. The molecule has 2 N–H and O–H groups in total. The summed E-state index contributed by atoms with van der Waals surface area (Å²) in [6.07, 6.45) is 4.74. The van der Waals surface area contributed by atoms with E-state index in [-0.39, 0.29) is 61.4 Å². The molecule has 0 atom stereocenters. The molecule has 12 heteroatoms. The Kier molecular flexibility index (Phi) is 13.7. The lowest BCUT2D eigenvalue weighted by atomic mass is 9.76. The standard InChI is InChI=1S/C36H62N4O8/c1-25(41)39-33(3,4)21-27(22-34(39,5)6)37(29(43)15-17-31(45)46)19-13-11-12-14-20-38(30(44)16-18-32(47)48)28-23-35(7,8)40(26(2)42)36(9,10)24-28/h27-28H,11-24H2,1-10H3,(H,45,46)(H,47,48). The van der Waals surface area contributed by atoms with Crippen molar-refractivity contribution in [3.63, 3.8) is 0 Å². The zero-order chi connectivity index (χ0) is 36.8. The van der Waals surface area contributed by atoms with E-state index >= 15 is 0 Å². The fourth-order valence-corrected chi connectivity index (χ4v) is 9.25. The molecule has 2 rings (SSSR count). The van der Waals surface area contributed by atoms with Crippen molar-refractivity contribution >= 4 is 35.6 Å². The number of carbonyl (C=O) groups is 6. The van der Waals surface area contributed by atoms with E-state index < -0.39 is 34.1 Å². The number of carboxylic acids is 2. The maximum atomic E-state index is 13.4. The minimum Gasteiger partial charge on any atom is -0.481 e. The van der Waals surface area contributed by atoms with Crippen molar-refractivity contribution in [3.05, 3.63) is 0 Å². The zero-order valence-electron chi connectivity index (χ0n) is 31.2. The quantitative estimate of drug-likeness (QED) is 0.228. The van der Waals surface area contributed by atoms with Gasteiger partial charge in [-0.15, -0.1) is 0 Å². The minimum atomic E-state index is -1.02. The summed E-state index contributed by atoms with van der Waals surface area (Å²) in [5, 5.41) is 18.5. The molecule has 0 aromatic heterocycles. The van der Waals surface area contributed by atoms with Gasteiger partial charge in [-0.2, -0.15) is 0 Å². The molecule has 274 valence electrons. The van der Waals surface area contributed by atoms with Gasteiger partial charge < -0.3 is 29.8 Å². The molecule has 12 nitrogen and oxygen atoms in total. The van der Waals surface area contributed by atoms with E-state index in [1.807, 2.05) is 75.0 Å². The summed E-state index contributed by atoms with van der Waals surface area (Å²) in [5.41, 5.74) is -1.93. The normalized spacial score (nSPS) is 20.2. The molecule has 0 aliphatic carbocycles. The van der Waals surface area contributed by atoms with Crippen LogP contribution in [-0.2, 0) is 28.8 Å². The summed E-state index contributed by atoms with van der Waals surface area (Å²) in [6.45, 7) is 20.2. The van der Waals surface area contributed by atoms with Gasteiger partial charge in [0.05, 0.1) is 12.8 Å². The van der Waals surface area contributed by atoms with Crippen LogP contribution < -0.4 is 0 Å². The first kappa shape index (κ1) is 41.0. The number of carbonyl (C=O) groups excluding carboxylic acids is 4. The van der Waals surface area contributed by atoms with Crippen LogP contribution >= 0.6 is 0 Å². The maximum absolute atomic E-state index is 13.4. The molecule has 2 heterocycles. The van der Waals surface area contributed by atoms with E-state index in [4.69, 9.17) is 0 Å². The summed E-state index contributed by atoms with van der Waals surface area (Å²) < 4.78 is 0. The number of hydrogen-bond acceptors (Lipinski definition) is 6. The molecule has 0 saturated carbocycles. The highest BCUT2D eigenvalue weighted by Crippen LogP contribution is 2.42. The summed E-state index contributed by atoms with van der Waals surface area (Å²) >= 11 is 0. The number of carboxylic acid groups (broad SMARTS) is 2. The molecule has 0 spiro atoms. The van der Waals surface area contributed by atoms with Gasteiger partial charge in [0.2, 0.25) is 23.6 Å². The highest BCUT2D eigenvalue weighted by molar-refractivity contribution is 5.82. The number of hydrogen-bond donors (Lipinski definition) is 2. The van der Waals surface area contributed by atoms with Crippen molar-refractivity contribution < 1.29 is 39.0 Å². The molecular formula is C36H62N4O8. The molecule has 0 unspecified atom stereocenters. The lowest BCUT2D eigenvalue weighted by Crippen LogP contribution is -2.66. The van der Waals surface area contributed by atoms with Crippen LogP contribution in [0.3, 0.4) is 0 Å². The fourth-order valence-electron chi connectivity index (χ4n) is 9.25. The average molecular weight is 679 g/mol. The van der Waals surface area contributed by atoms with Gasteiger partial charge in [0.15, 0.2) is 0 Å². The van der Waals surface area contributed by atoms with Crippen molar-refractivity contribution in [2.45, 2.75) is 181 Å². The molecule has 2 aliphatic rings. The Morgan fingerprint density at radius 2 is 0.792 bits per heavy atom. The summed E-state index contributed by atoms with van der Waals surface area (Å²) in [5.74, 6) is -2.45. The van der Waals surface area contributed by atoms with Gasteiger partial charge in [0.1, 0.15) is 0 Å². The van der Waals surface area contributed by atoms with Crippen LogP contribution in [0.5, 0.6) is 0 Å². The van der Waals surface area contributed by atoms with Gasteiger partial charge in [-0.05, 0) is 93.9 Å². The van der Waals surface area contributed by atoms with E-state index in [1.165, 1.54) is 0 Å². The Hall–Kier alpha value is -3.18. The van der Waals surface area contributed by atoms with Crippen LogP contribution in [0.1, 0.15) is 146 Å². The van der Waals surface area contributed by atoms with Crippen molar-refractivity contribution in [1.29, 1.82) is 0 Å². The first-order valence-electron chi connectivity index (χ1n) is 17.6. The number of rotatable bonds is 15. The molecule has 0 aromatic carbocycles. The molecule has 2 aliphatic heterocycles. The Balaban J connectivity index is 2.13. The van der Waals surface area contributed by atoms with Crippen LogP contribution in [0.2, 0.25) is 0 Å². The fraction of sp³-hybridized carbons (Fsp3) is 0.833. The summed E-state index contributed by atoms with van der Waals surface area (Å²) in [4.78, 5) is 81.9. The summed E-state index contributed by atoms with van der Waals surface area (Å²) in [7, 11) is 0. The Labute approximate surface area is 287 Å². The van der Waals surface area contributed by atoms with E-state index in [9.17, 15) is 39.0 Å². The molecule has 0 radical (unpaired) electrons. The molecule has 0 bridgehead atoms. The first-order valence-corrected chi connectivity index (χ1v) is 17.6. The van der Waals surface area contributed by atoms with E-state index in [0.717, 1.165) is 12.8 Å². The molecule has 0 aromatic rings. The largest absolute Gasteiger partial charge is 0.481 e. The van der Waals surface area contributed by atoms with Crippen LogP contribution in [0.15, 0.2) is 0 Å². The van der Waals surface area contributed by atoms with Gasteiger partial charge in [-0.1, -0.05) is 12.8 Å². The number of likely N-dealkylation sites (tertiary alicyclic amines) is 2. The van der Waals surface area contributed by atoms with Gasteiger partial charge in [0, 0.05) is 74.0 Å². The molecule has 2 fully saturated rings. The minimum absolute atomic E-state index is 0.0146. The first-order chi connectivity index (χ1) is 21.9. The van der Waals surface area contributed by atoms with Crippen molar-refractivity contribution in [1.82, 2.24) is 19.6 Å². The van der Waals surface area contributed by atoms with Gasteiger partial charge >= 0.3 is 11.9 Å². The Morgan fingerprint density at radius 3 is 1.02 bits per heavy atom. The second-order valence-electron chi connectivity index (χ2n) is 16.5. The van der Waals surface area contributed by atoms with Crippen molar-refractivity contribution in [3.8, 4) is 0 Å². The second kappa shape index (κ2) is 16.0. The van der Waals surface area contributed by atoms with Crippen molar-refractivity contribution in [2.24, 2.45) is 0 Å². The van der Waals surface area contributed by atoms with Gasteiger partial charge in [-0.25, -0.2) is 0 Å². The van der Waals surface area contributed by atoms with E-state index in [0.29, 0.717) is 51.6 Å². The number of piperidine rings is 2. The van der Waals surface area contributed by atoms with Crippen LogP contribution in [0.25, 0.3) is 0 Å². The van der Waals surface area contributed by atoms with Crippen LogP contribution in [0.4, 0.5) is 0 Å². The second-order valence-corrected chi connectivity index (χ2v) is 16.5. The topological polar surface area (TPSA) is 156 Å². The number of amides is 4. The maximum Gasteiger partial charge on any atom is 0.303 e. The third kappa shape index (κ3) is 10.7. The predicted molar refractivity (Wildman–Crippen MR) is 183 cm³/mol. The Bertz CT molecular complexity index is 1080. The van der Waals surface area contributed by atoms with Gasteiger partial charge in [-0.3, -0.25) is 28.8 Å². The summed E-state index contributed by atoms with van der Waals surface area (Å²) in [6, 6.07) is -0.274. The Morgan fingerprint density at radius 1 is 0.521 bits per heavy atom. The molecule has 2 saturated heterocycles. The third-order valence-electron chi connectivity index (χ3n) is 10.2. The highest BCUT2D eigenvalue weighted by atomic mass is 16.4. The highest BCUT2D eigenvalue weighted by Gasteiger charge is 2.50. The third-order valence-corrected chi connectivity index (χ3v) is 10.2. The SMILES string of the molecule is CC(=O)N1C(C)(C)CC(N(CCCCCCN(C(=O)CCC(=O)O)C2CC(C)(C)N(C(C)=O)C(C)(C)C2)C(=O)CCC(=O)O)CC1(C)C. The van der Waals surface area contributed by atoms with Gasteiger partial charge in [0.25, 0.3) is 0 Å². The van der Waals surface area contributed by atoms with E-state index in [2.05, 4.69) is 0 Å². The smallest absolute Gasteiger partial charge is 0.303 e. The molecule has 48 heavy (non-hydrogen) atoms. The van der Waals surface area contributed by atoms with Crippen LogP contribution in [-0.4, -0.2) is 113 Å². The van der Waals surface area contributed by atoms with Crippen molar-refractivity contribution in [2.75, 3.05) is 13.1 Å². The number of aliphatic carboxylic acids is 2. The average Bonchev–Trinajstić information content (AvgIpc) is 2.88. The zero-order valence-corrected chi connectivity index (χ0v) is 31.2. The lowest BCUT2D eigenvalue weighted by molar-refractivity contribution is -0.155. The van der Waals surface area contributed by atoms with E-state index in [1.54, 1.807) is 13.8 Å². The molecule has 4 amide bonds. The number of unbranched alkanes of at least 4 members (excludes halogenated alkanes) is 3.